The highest BCUT2D eigenvalue weighted by Gasteiger charge is 2.35. The van der Waals surface area contributed by atoms with Crippen LogP contribution in [0.5, 0.6) is 5.75 Å². The lowest BCUT2D eigenvalue weighted by Gasteiger charge is -2.39. The van der Waals surface area contributed by atoms with Crippen LogP contribution in [0, 0.1) is 6.92 Å². The second-order valence-corrected chi connectivity index (χ2v) is 7.99. The van der Waals surface area contributed by atoms with Crippen molar-refractivity contribution in [1.82, 2.24) is 10.6 Å². The Labute approximate surface area is 173 Å². The van der Waals surface area contributed by atoms with E-state index in [2.05, 4.69) is 41.8 Å². The van der Waals surface area contributed by atoms with Crippen molar-refractivity contribution < 1.29 is 14.3 Å². The van der Waals surface area contributed by atoms with Crippen LogP contribution in [0.4, 0.5) is 4.79 Å². The molecule has 1 atom stereocenters. The average molecular weight is 397 g/mol. The molecule has 5 heteroatoms. The molecule has 1 unspecified atom stereocenters. The molecule has 2 aromatic carbocycles. The minimum absolute atomic E-state index is 0.0196. The van der Waals surface area contributed by atoms with Crippen LogP contribution >= 0.6 is 0 Å². The van der Waals surface area contributed by atoms with Gasteiger partial charge in [0, 0.05) is 31.2 Å². The molecule has 2 N–H and O–H groups in total. The van der Waals surface area contributed by atoms with Gasteiger partial charge >= 0.3 is 6.03 Å². The predicted octanol–water partition coefficient (Wildman–Crippen LogP) is 3.98. The Balaban J connectivity index is 1.59. The van der Waals surface area contributed by atoms with E-state index in [1.807, 2.05) is 31.2 Å². The summed E-state index contributed by atoms with van der Waals surface area (Å²) in [4.78, 5) is 12.6. The zero-order valence-electron chi connectivity index (χ0n) is 17.7. The summed E-state index contributed by atoms with van der Waals surface area (Å²) in [6, 6.07) is 16.3. The first-order valence-corrected chi connectivity index (χ1v) is 10.3. The molecule has 0 spiro atoms. The summed E-state index contributed by atoms with van der Waals surface area (Å²) < 4.78 is 10.9. The first kappa shape index (κ1) is 21.2. The summed E-state index contributed by atoms with van der Waals surface area (Å²) in [7, 11) is 1.66. The van der Waals surface area contributed by atoms with Gasteiger partial charge in [-0.1, -0.05) is 36.4 Å². The molecule has 2 amide bonds. The topological polar surface area (TPSA) is 59.6 Å². The molecular weight excluding hydrogens is 364 g/mol. The van der Waals surface area contributed by atoms with Crippen molar-refractivity contribution in [2.45, 2.75) is 44.6 Å². The van der Waals surface area contributed by atoms with E-state index in [0.29, 0.717) is 6.54 Å². The first-order valence-electron chi connectivity index (χ1n) is 10.3. The maximum absolute atomic E-state index is 12.6. The number of rotatable bonds is 7. The smallest absolute Gasteiger partial charge is 0.315 e. The number of urea groups is 1. The van der Waals surface area contributed by atoms with Gasteiger partial charge in [0.1, 0.15) is 5.75 Å². The van der Waals surface area contributed by atoms with Crippen LogP contribution in [-0.4, -0.2) is 38.9 Å². The number of aryl methyl sites for hydroxylation is 1. The SMILES string of the molecule is COc1cccc(CC(C)NC(=O)NCC2(c3ccccc3C)CCOCC2)c1. The van der Waals surface area contributed by atoms with E-state index in [1.54, 1.807) is 7.11 Å². The molecule has 156 valence electrons. The monoisotopic (exact) mass is 396 g/mol. The number of benzene rings is 2. The van der Waals surface area contributed by atoms with E-state index < -0.39 is 0 Å². The van der Waals surface area contributed by atoms with Crippen molar-refractivity contribution in [2.24, 2.45) is 0 Å². The lowest BCUT2D eigenvalue weighted by atomic mass is 9.72. The fourth-order valence-corrected chi connectivity index (χ4v) is 4.20. The molecular formula is C24H32N2O3. The Hall–Kier alpha value is -2.53. The predicted molar refractivity (Wildman–Crippen MR) is 116 cm³/mol. The Morgan fingerprint density at radius 3 is 2.66 bits per heavy atom. The highest BCUT2D eigenvalue weighted by atomic mass is 16.5. The third-order valence-electron chi connectivity index (χ3n) is 5.81. The van der Waals surface area contributed by atoms with Crippen molar-refractivity contribution in [1.29, 1.82) is 0 Å². The number of ether oxygens (including phenoxy) is 2. The highest BCUT2D eigenvalue weighted by Crippen LogP contribution is 2.36. The Morgan fingerprint density at radius 1 is 1.17 bits per heavy atom. The maximum Gasteiger partial charge on any atom is 0.315 e. The van der Waals surface area contributed by atoms with Gasteiger partial charge in [-0.2, -0.15) is 0 Å². The van der Waals surface area contributed by atoms with Gasteiger partial charge in [0.25, 0.3) is 0 Å². The third kappa shape index (κ3) is 5.51. The van der Waals surface area contributed by atoms with Crippen molar-refractivity contribution >= 4 is 6.03 Å². The molecule has 5 nitrogen and oxygen atoms in total. The molecule has 3 rings (SSSR count). The normalized spacial score (nSPS) is 16.7. The van der Waals surface area contributed by atoms with E-state index in [0.717, 1.165) is 43.8 Å². The minimum Gasteiger partial charge on any atom is -0.497 e. The number of hydrogen-bond donors (Lipinski definition) is 2. The van der Waals surface area contributed by atoms with Gasteiger partial charge in [0.2, 0.25) is 0 Å². The summed E-state index contributed by atoms with van der Waals surface area (Å²) in [6.07, 6.45) is 2.58. The largest absolute Gasteiger partial charge is 0.497 e. The Bertz CT molecular complexity index is 815. The van der Waals surface area contributed by atoms with Gasteiger partial charge in [0.15, 0.2) is 0 Å². The second-order valence-electron chi connectivity index (χ2n) is 7.99. The van der Waals surface area contributed by atoms with E-state index in [1.165, 1.54) is 11.1 Å². The minimum atomic E-state index is -0.125. The fraction of sp³-hybridized carbons (Fsp3) is 0.458. The number of hydrogen-bond acceptors (Lipinski definition) is 3. The highest BCUT2D eigenvalue weighted by molar-refractivity contribution is 5.74. The van der Waals surface area contributed by atoms with Crippen LogP contribution in [-0.2, 0) is 16.6 Å². The van der Waals surface area contributed by atoms with Crippen LogP contribution in [0.2, 0.25) is 0 Å². The molecule has 0 aliphatic carbocycles. The molecule has 0 bridgehead atoms. The van der Waals surface area contributed by atoms with Gasteiger partial charge in [-0.25, -0.2) is 4.79 Å². The van der Waals surface area contributed by atoms with E-state index >= 15 is 0 Å². The molecule has 0 saturated carbocycles. The molecule has 0 aromatic heterocycles. The standard InChI is InChI=1S/C24H32N2O3/c1-18-7-4-5-10-22(18)24(11-13-29-14-12-24)17-25-23(27)26-19(2)15-20-8-6-9-21(16-20)28-3/h4-10,16,19H,11-15,17H2,1-3H3,(H2,25,26,27). The fourth-order valence-electron chi connectivity index (χ4n) is 4.20. The molecule has 1 aliphatic heterocycles. The average Bonchev–Trinajstić information content (AvgIpc) is 2.73. The first-order chi connectivity index (χ1) is 14.0. The van der Waals surface area contributed by atoms with E-state index in [9.17, 15) is 4.79 Å². The molecule has 1 heterocycles. The zero-order valence-corrected chi connectivity index (χ0v) is 17.7. The quantitative estimate of drug-likeness (QED) is 0.744. The summed E-state index contributed by atoms with van der Waals surface area (Å²) in [5.74, 6) is 0.832. The number of amides is 2. The summed E-state index contributed by atoms with van der Waals surface area (Å²) in [6.45, 7) is 6.22. The van der Waals surface area contributed by atoms with Crippen LogP contribution in [0.25, 0.3) is 0 Å². The summed E-state index contributed by atoms with van der Waals surface area (Å²) in [5, 5.41) is 6.19. The zero-order chi connectivity index (χ0) is 20.7. The lowest BCUT2D eigenvalue weighted by Crippen LogP contribution is -2.49. The molecule has 1 aliphatic rings. The van der Waals surface area contributed by atoms with Gasteiger partial charge in [-0.15, -0.1) is 0 Å². The van der Waals surface area contributed by atoms with Crippen molar-refractivity contribution in [3.8, 4) is 5.75 Å². The summed E-state index contributed by atoms with van der Waals surface area (Å²) >= 11 is 0. The van der Waals surface area contributed by atoms with E-state index in [-0.39, 0.29) is 17.5 Å². The molecule has 1 saturated heterocycles. The van der Waals surface area contributed by atoms with Crippen LogP contribution in [0.1, 0.15) is 36.5 Å². The summed E-state index contributed by atoms with van der Waals surface area (Å²) in [5.41, 5.74) is 3.64. The number of carbonyl (C=O) groups is 1. The van der Waals surface area contributed by atoms with Crippen molar-refractivity contribution in [3.63, 3.8) is 0 Å². The molecule has 2 aromatic rings. The van der Waals surface area contributed by atoms with Crippen molar-refractivity contribution in [3.05, 3.63) is 65.2 Å². The van der Waals surface area contributed by atoms with Crippen LogP contribution in [0.15, 0.2) is 48.5 Å². The molecule has 1 fully saturated rings. The molecule has 0 radical (unpaired) electrons. The van der Waals surface area contributed by atoms with Crippen LogP contribution in [0.3, 0.4) is 0 Å². The third-order valence-corrected chi connectivity index (χ3v) is 5.81. The Morgan fingerprint density at radius 2 is 1.93 bits per heavy atom. The Kier molecular flexibility index (Phi) is 7.15. The number of methoxy groups -OCH3 is 1. The lowest BCUT2D eigenvalue weighted by molar-refractivity contribution is 0.0504. The van der Waals surface area contributed by atoms with Gasteiger partial charge in [-0.05, 0) is 61.9 Å². The number of nitrogens with one attached hydrogen (secondary N) is 2. The van der Waals surface area contributed by atoms with Gasteiger partial charge < -0.3 is 20.1 Å². The van der Waals surface area contributed by atoms with Crippen molar-refractivity contribution in [2.75, 3.05) is 26.9 Å². The van der Waals surface area contributed by atoms with Crippen LogP contribution < -0.4 is 15.4 Å². The van der Waals surface area contributed by atoms with Gasteiger partial charge in [-0.3, -0.25) is 0 Å². The number of carbonyl (C=O) groups excluding carboxylic acids is 1. The van der Waals surface area contributed by atoms with Gasteiger partial charge in [0.05, 0.1) is 7.11 Å². The maximum atomic E-state index is 12.6. The molecule has 29 heavy (non-hydrogen) atoms. The van der Waals surface area contributed by atoms with E-state index in [4.69, 9.17) is 9.47 Å². The second kappa shape index (κ2) is 9.79.